The Morgan fingerprint density at radius 1 is 1.83 bits per heavy atom. The van der Waals surface area contributed by atoms with Crippen LogP contribution in [0.1, 0.15) is 13.3 Å². The molecule has 2 atom stereocenters. The van der Waals surface area contributed by atoms with Gasteiger partial charge in [-0.05, 0) is 19.1 Å². The molecular weight excluding hydrogens is 176 g/mol. The number of nitrogens with two attached hydrogens (primary N) is 1. The fourth-order valence-electron chi connectivity index (χ4n) is 0.533. The minimum absolute atomic E-state index is 0.0917. The van der Waals surface area contributed by atoms with Crippen molar-refractivity contribution in [3.63, 3.8) is 0 Å². The molecule has 2 unspecified atom stereocenters. The molecule has 0 aliphatic carbocycles. The van der Waals surface area contributed by atoms with Crippen molar-refractivity contribution in [1.82, 2.24) is 0 Å². The maximum atomic E-state index is 10.2. The van der Waals surface area contributed by atoms with E-state index in [1.165, 1.54) is 11.8 Å². The van der Waals surface area contributed by atoms with Gasteiger partial charge in [-0.2, -0.15) is 5.26 Å². The topological polar surface area (TPSA) is 87.1 Å². The molecule has 3 N–H and O–H groups in total. The Kier molecular flexibility index (Phi) is 5.51. The Labute approximate surface area is 75.7 Å². The molecule has 0 saturated carbocycles. The van der Waals surface area contributed by atoms with E-state index in [1.54, 1.807) is 6.92 Å². The number of hydrogen-bond acceptors (Lipinski definition) is 4. The van der Waals surface area contributed by atoms with E-state index in [0.717, 1.165) is 0 Å². The van der Waals surface area contributed by atoms with E-state index in [1.807, 2.05) is 6.07 Å². The molecule has 12 heavy (non-hydrogen) atoms. The smallest absolute Gasteiger partial charge is 0.320 e. The Balaban J connectivity index is 3.45. The van der Waals surface area contributed by atoms with Gasteiger partial charge in [-0.3, -0.25) is 4.79 Å². The number of aliphatic carboxylic acids is 1. The van der Waals surface area contributed by atoms with Crippen LogP contribution in [0.3, 0.4) is 0 Å². The molecule has 0 rings (SSSR count). The van der Waals surface area contributed by atoms with Crippen molar-refractivity contribution in [1.29, 1.82) is 5.26 Å². The highest BCUT2D eigenvalue weighted by atomic mass is 32.2. The number of hydrogen-bond donors (Lipinski definition) is 2. The third-order valence-corrected chi connectivity index (χ3v) is 2.37. The molecule has 0 aromatic heterocycles. The minimum Gasteiger partial charge on any atom is -0.480 e. The fraction of sp³-hybridized carbons (Fsp3) is 0.714. The summed E-state index contributed by atoms with van der Waals surface area (Å²) in [5.41, 5.74) is 5.25. The highest BCUT2D eigenvalue weighted by Crippen LogP contribution is 2.10. The summed E-state index contributed by atoms with van der Waals surface area (Å²) in [4.78, 5) is 10.2. The van der Waals surface area contributed by atoms with Crippen LogP contribution in [-0.4, -0.2) is 28.1 Å². The molecule has 68 valence electrons. The van der Waals surface area contributed by atoms with Gasteiger partial charge in [0, 0.05) is 0 Å². The van der Waals surface area contributed by atoms with E-state index in [-0.39, 0.29) is 5.25 Å². The summed E-state index contributed by atoms with van der Waals surface area (Å²) < 4.78 is 0. The zero-order chi connectivity index (χ0) is 9.56. The van der Waals surface area contributed by atoms with E-state index >= 15 is 0 Å². The van der Waals surface area contributed by atoms with Crippen molar-refractivity contribution in [2.45, 2.75) is 24.6 Å². The van der Waals surface area contributed by atoms with Crippen LogP contribution in [0.25, 0.3) is 0 Å². The number of rotatable bonds is 5. The minimum atomic E-state index is -0.986. The number of thioether (sulfide) groups is 1. The van der Waals surface area contributed by atoms with Gasteiger partial charge >= 0.3 is 5.97 Å². The van der Waals surface area contributed by atoms with E-state index in [0.29, 0.717) is 12.2 Å². The van der Waals surface area contributed by atoms with E-state index in [4.69, 9.17) is 16.1 Å². The Bertz CT molecular complexity index is 190. The summed E-state index contributed by atoms with van der Waals surface area (Å²) in [7, 11) is 0. The first-order valence-corrected chi connectivity index (χ1v) is 4.62. The summed E-state index contributed by atoms with van der Waals surface area (Å²) in [5.74, 6) is -0.373. The summed E-state index contributed by atoms with van der Waals surface area (Å²) in [5, 5.41) is 16.7. The van der Waals surface area contributed by atoms with Crippen LogP contribution in [0.5, 0.6) is 0 Å². The van der Waals surface area contributed by atoms with Crippen LogP contribution in [-0.2, 0) is 4.79 Å². The van der Waals surface area contributed by atoms with Gasteiger partial charge in [-0.25, -0.2) is 0 Å². The second-order valence-electron chi connectivity index (χ2n) is 2.38. The average molecular weight is 188 g/mol. The van der Waals surface area contributed by atoms with Gasteiger partial charge in [0.05, 0.1) is 11.3 Å². The van der Waals surface area contributed by atoms with Crippen LogP contribution >= 0.6 is 11.8 Å². The van der Waals surface area contributed by atoms with Gasteiger partial charge < -0.3 is 10.8 Å². The van der Waals surface area contributed by atoms with E-state index in [2.05, 4.69) is 0 Å². The lowest BCUT2D eigenvalue weighted by molar-refractivity contribution is -0.138. The molecule has 0 radical (unpaired) electrons. The predicted octanol–water partition coefficient (Wildman–Crippen LogP) is 0.434. The SMILES string of the molecule is CC(C#N)SCCC(N)C(=O)O. The summed E-state index contributed by atoms with van der Waals surface area (Å²) in [6, 6.07) is 1.24. The van der Waals surface area contributed by atoms with Gasteiger partial charge in [0.25, 0.3) is 0 Å². The zero-order valence-electron chi connectivity index (χ0n) is 6.86. The first-order valence-electron chi connectivity index (χ1n) is 3.57. The molecule has 0 heterocycles. The van der Waals surface area contributed by atoms with E-state index < -0.39 is 12.0 Å². The van der Waals surface area contributed by atoms with Gasteiger partial charge in [-0.15, -0.1) is 11.8 Å². The van der Waals surface area contributed by atoms with Crippen molar-refractivity contribution in [3.8, 4) is 6.07 Å². The second kappa shape index (κ2) is 5.86. The van der Waals surface area contributed by atoms with Crippen molar-refractivity contribution >= 4 is 17.7 Å². The van der Waals surface area contributed by atoms with Crippen LogP contribution in [0.15, 0.2) is 0 Å². The molecule has 0 bridgehead atoms. The maximum absolute atomic E-state index is 10.2. The fourth-order valence-corrected chi connectivity index (χ4v) is 1.35. The maximum Gasteiger partial charge on any atom is 0.320 e. The first-order chi connectivity index (χ1) is 5.57. The molecule has 0 amide bonds. The molecule has 0 aliphatic rings. The van der Waals surface area contributed by atoms with Crippen LogP contribution in [0.2, 0.25) is 0 Å². The zero-order valence-corrected chi connectivity index (χ0v) is 7.67. The molecule has 0 aromatic carbocycles. The Hall–Kier alpha value is -0.730. The van der Waals surface area contributed by atoms with Gasteiger partial charge in [0.15, 0.2) is 0 Å². The Morgan fingerprint density at radius 2 is 2.42 bits per heavy atom. The van der Waals surface area contributed by atoms with Gasteiger partial charge in [0.1, 0.15) is 6.04 Å². The summed E-state index contributed by atoms with van der Waals surface area (Å²) in [6.45, 7) is 1.77. The molecular formula is C7H12N2O2S. The normalized spacial score (nSPS) is 14.8. The van der Waals surface area contributed by atoms with Crippen molar-refractivity contribution in [3.05, 3.63) is 0 Å². The summed E-state index contributed by atoms with van der Waals surface area (Å²) in [6.07, 6.45) is 0.409. The highest BCUT2D eigenvalue weighted by molar-refractivity contribution is 8.00. The molecule has 0 spiro atoms. The standard InChI is InChI=1S/C7H12N2O2S/c1-5(4-8)12-3-2-6(9)7(10)11/h5-6H,2-3,9H2,1H3,(H,10,11). The van der Waals surface area contributed by atoms with Gasteiger partial charge in [-0.1, -0.05) is 0 Å². The number of carbonyl (C=O) groups is 1. The van der Waals surface area contributed by atoms with E-state index in [9.17, 15) is 4.79 Å². The largest absolute Gasteiger partial charge is 0.480 e. The highest BCUT2D eigenvalue weighted by Gasteiger charge is 2.11. The molecule has 0 aromatic rings. The number of nitrogens with zero attached hydrogens (tertiary/aromatic N) is 1. The lowest BCUT2D eigenvalue weighted by atomic mass is 10.2. The van der Waals surface area contributed by atoms with Gasteiger partial charge in [0.2, 0.25) is 0 Å². The van der Waals surface area contributed by atoms with Crippen LogP contribution < -0.4 is 5.73 Å². The molecule has 4 nitrogen and oxygen atoms in total. The average Bonchev–Trinajstić information content (AvgIpc) is 2.03. The predicted molar refractivity (Wildman–Crippen MR) is 47.8 cm³/mol. The molecule has 0 saturated heterocycles. The lowest BCUT2D eigenvalue weighted by Gasteiger charge is -2.05. The molecule has 0 fully saturated rings. The monoisotopic (exact) mass is 188 g/mol. The second-order valence-corrected chi connectivity index (χ2v) is 3.82. The van der Waals surface area contributed by atoms with Crippen molar-refractivity contribution < 1.29 is 9.90 Å². The quantitative estimate of drug-likeness (QED) is 0.653. The number of carboxylic acid groups (broad SMARTS) is 1. The first kappa shape index (κ1) is 11.3. The van der Waals surface area contributed by atoms with Crippen LogP contribution in [0.4, 0.5) is 0 Å². The van der Waals surface area contributed by atoms with Crippen molar-refractivity contribution in [2.24, 2.45) is 5.73 Å². The van der Waals surface area contributed by atoms with Crippen molar-refractivity contribution in [2.75, 3.05) is 5.75 Å². The third kappa shape index (κ3) is 4.99. The number of carboxylic acids is 1. The third-order valence-electron chi connectivity index (χ3n) is 1.30. The molecule has 5 heteroatoms. The molecule has 0 aliphatic heterocycles. The summed E-state index contributed by atoms with van der Waals surface area (Å²) >= 11 is 1.42. The number of nitriles is 1. The van der Waals surface area contributed by atoms with Crippen LogP contribution in [0, 0.1) is 11.3 Å². The Morgan fingerprint density at radius 3 is 2.83 bits per heavy atom. The lowest BCUT2D eigenvalue weighted by Crippen LogP contribution is -2.30.